The van der Waals surface area contributed by atoms with Crippen LogP contribution in [0.15, 0.2) is 61.3 Å². The molecule has 1 aromatic carbocycles. The van der Waals surface area contributed by atoms with Crippen LogP contribution < -0.4 is 5.32 Å². The topological polar surface area (TPSA) is 88.5 Å². The Morgan fingerprint density at radius 3 is 2.86 bits per heavy atom. The van der Waals surface area contributed by atoms with Gasteiger partial charge in [-0.1, -0.05) is 24.3 Å². The van der Waals surface area contributed by atoms with Crippen molar-refractivity contribution in [3.05, 3.63) is 78.1 Å². The number of hydrogen-bond acceptors (Lipinski definition) is 4. The summed E-state index contributed by atoms with van der Waals surface area (Å²) in [7, 11) is 0. The number of rotatable bonds is 5. The molecule has 4 rings (SSSR count). The number of para-hydroxylation sites is 1. The number of fused-ring (bicyclic) bond motifs is 1. The SMILES string of the molecule is Cc1c(C#N)c2ccccc2n1CC(=O)NCc1cccnc1-n1ccnc1. The molecule has 0 aliphatic carbocycles. The molecule has 1 amide bonds. The zero-order valence-corrected chi connectivity index (χ0v) is 15.3. The van der Waals surface area contributed by atoms with Crippen LogP contribution in [0.3, 0.4) is 0 Å². The minimum Gasteiger partial charge on any atom is -0.350 e. The monoisotopic (exact) mass is 370 g/mol. The molecule has 0 spiro atoms. The number of pyridine rings is 1. The van der Waals surface area contributed by atoms with Crippen molar-refractivity contribution >= 4 is 16.8 Å². The molecule has 1 N–H and O–H groups in total. The average Bonchev–Trinajstić information content (AvgIpc) is 3.34. The maximum absolute atomic E-state index is 12.6. The quantitative estimate of drug-likeness (QED) is 0.585. The predicted octanol–water partition coefficient (Wildman–Crippen LogP) is 2.72. The third kappa shape index (κ3) is 3.12. The fourth-order valence-corrected chi connectivity index (χ4v) is 3.35. The van der Waals surface area contributed by atoms with Crippen molar-refractivity contribution in [2.45, 2.75) is 20.0 Å². The van der Waals surface area contributed by atoms with Gasteiger partial charge in [-0.3, -0.25) is 9.36 Å². The van der Waals surface area contributed by atoms with Gasteiger partial charge in [-0.2, -0.15) is 5.26 Å². The summed E-state index contributed by atoms with van der Waals surface area (Å²) < 4.78 is 3.69. The Labute approximate surface area is 161 Å². The van der Waals surface area contributed by atoms with E-state index in [0.717, 1.165) is 28.0 Å². The molecule has 0 radical (unpaired) electrons. The van der Waals surface area contributed by atoms with E-state index < -0.39 is 0 Å². The number of nitrogens with one attached hydrogen (secondary N) is 1. The molecule has 0 unspecified atom stereocenters. The Bertz CT molecular complexity index is 1180. The molecule has 4 aromatic rings. The molecule has 138 valence electrons. The van der Waals surface area contributed by atoms with Gasteiger partial charge in [0.15, 0.2) is 0 Å². The van der Waals surface area contributed by atoms with Crippen molar-refractivity contribution in [3.8, 4) is 11.9 Å². The number of nitriles is 1. The lowest BCUT2D eigenvalue weighted by Crippen LogP contribution is -2.28. The summed E-state index contributed by atoms with van der Waals surface area (Å²) in [5.74, 6) is 0.600. The number of carbonyl (C=O) groups excluding carboxylic acids is 1. The maximum Gasteiger partial charge on any atom is 0.240 e. The van der Waals surface area contributed by atoms with E-state index in [4.69, 9.17) is 0 Å². The fraction of sp³-hybridized carbons (Fsp3) is 0.143. The van der Waals surface area contributed by atoms with Crippen molar-refractivity contribution in [2.75, 3.05) is 0 Å². The highest BCUT2D eigenvalue weighted by molar-refractivity contribution is 5.89. The molecule has 28 heavy (non-hydrogen) atoms. The van der Waals surface area contributed by atoms with Crippen LogP contribution in [0.5, 0.6) is 0 Å². The van der Waals surface area contributed by atoms with Crippen LogP contribution >= 0.6 is 0 Å². The number of benzene rings is 1. The molecule has 0 saturated carbocycles. The number of carbonyl (C=O) groups is 1. The van der Waals surface area contributed by atoms with E-state index in [1.807, 2.05) is 58.7 Å². The fourth-order valence-electron chi connectivity index (χ4n) is 3.35. The lowest BCUT2D eigenvalue weighted by Gasteiger charge is -2.12. The van der Waals surface area contributed by atoms with Crippen LogP contribution in [0.1, 0.15) is 16.8 Å². The highest BCUT2D eigenvalue weighted by Gasteiger charge is 2.16. The first-order valence-corrected chi connectivity index (χ1v) is 8.86. The summed E-state index contributed by atoms with van der Waals surface area (Å²) in [5.41, 5.74) is 3.17. The zero-order chi connectivity index (χ0) is 19.5. The number of nitrogens with zero attached hydrogens (tertiary/aromatic N) is 5. The molecule has 0 aliphatic rings. The summed E-state index contributed by atoms with van der Waals surface area (Å²) in [6.45, 7) is 2.36. The third-order valence-corrected chi connectivity index (χ3v) is 4.74. The van der Waals surface area contributed by atoms with Gasteiger partial charge < -0.3 is 9.88 Å². The third-order valence-electron chi connectivity index (χ3n) is 4.74. The van der Waals surface area contributed by atoms with E-state index in [1.54, 1.807) is 18.7 Å². The highest BCUT2D eigenvalue weighted by atomic mass is 16.1. The minimum atomic E-state index is -0.131. The van der Waals surface area contributed by atoms with Crippen LogP contribution in [0.25, 0.3) is 16.7 Å². The molecule has 0 saturated heterocycles. The van der Waals surface area contributed by atoms with Crippen molar-refractivity contribution in [3.63, 3.8) is 0 Å². The Morgan fingerprint density at radius 2 is 2.07 bits per heavy atom. The molecule has 7 heteroatoms. The smallest absolute Gasteiger partial charge is 0.240 e. The normalized spacial score (nSPS) is 10.7. The molecule has 0 atom stereocenters. The Hall–Kier alpha value is -3.92. The summed E-state index contributed by atoms with van der Waals surface area (Å²) in [6, 6.07) is 13.6. The van der Waals surface area contributed by atoms with Crippen LogP contribution in [0.4, 0.5) is 0 Å². The zero-order valence-electron chi connectivity index (χ0n) is 15.3. The standard InChI is InChI=1S/C21H18N6O/c1-15-18(11-22)17-6-2-3-7-19(17)27(15)13-20(28)25-12-16-5-4-8-24-21(16)26-10-9-23-14-26/h2-10,14H,12-13H2,1H3,(H,25,28). The Kier molecular flexibility index (Phi) is 4.60. The molecular formula is C21H18N6O. The van der Waals surface area contributed by atoms with E-state index in [2.05, 4.69) is 21.4 Å². The van der Waals surface area contributed by atoms with Crippen LogP contribution in [0.2, 0.25) is 0 Å². The molecule has 3 heterocycles. The average molecular weight is 370 g/mol. The second-order valence-corrected chi connectivity index (χ2v) is 6.41. The largest absolute Gasteiger partial charge is 0.350 e. The maximum atomic E-state index is 12.6. The van der Waals surface area contributed by atoms with Gasteiger partial charge in [0, 0.05) is 41.8 Å². The molecule has 0 fully saturated rings. The lowest BCUT2D eigenvalue weighted by atomic mass is 10.1. The summed E-state index contributed by atoms with van der Waals surface area (Å²) >= 11 is 0. The second-order valence-electron chi connectivity index (χ2n) is 6.41. The number of imidazole rings is 1. The Morgan fingerprint density at radius 1 is 1.21 bits per heavy atom. The number of aromatic nitrogens is 4. The van der Waals surface area contributed by atoms with Gasteiger partial charge in [-0.25, -0.2) is 9.97 Å². The summed E-state index contributed by atoms with van der Waals surface area (Å²) in [6.07, 6.45) is 6.88. The Balaban J connectivity index is 1.54. The van der Waals surface area contributed by atoms with Gasteiger partial charge in [0.25, 0.3) is 0 Å². The first-order valence-electron chi connectivity index (χ1n) is 8.86. The first kappa shape index (κ1) is 17.5. The predicted molar refractivity (Wildman–Crippen MR) is 105 cm³/mol. The number of amides is 1. The van der Waals surface area contributed by atoms with Crippen molar-refractivity contribution in [1.29, 1.82) is 5.26 Å². The molecule has 0 bridgehead atoms. The van der Waals surface area contributed by atoms with Gasteiger partial charge in [0.2, 0.25) is 5.91 Å². The van der Waals surface area contributed by atoms with Gasteiger partial charge in [-0.15, -0.1) is 0 Å². The van der Waals surface area contributed by atoms with E-state index in [1.165, 1.54) is 0 Å². The van der Waals surface area contributed by atoms with Crippen LogP contribution in [-0.4, -0.2) is 25.0 Å². The van der Waals surface area contributed by atoms with Crippen molar-refractivity contribution in [1.82, 2.24) is 24.4 Å². The minimum absolute atomic E-state index is 0.131. The van der Waals surface area contributed by atoms with Crippen LogP contribution in [-0.2, 0) is 17.9 Å². The summed E-state index contributed by atoms with van der Waals surface area (Å²) in [4.78, 5) is 21.1. The van der Waals surface area contributed by atoms with E-state index in [-0.39, 0.29) is 12.5 Å². The first-order chi connectivity index (χ1) is 13.7. The van der Waals surface area contributed by atoms with E-state index in [0.29, 0.717) is 12.1 Å². The van der Waals surface area contributed by atoms with Crippen LogP contribution in [0, 0.1) is 18.3 Å². The van der Waals surface area contributed by atoms with Gasteiger partial charge in [-0.05, 0) is 19.1 Å². The lowest BCUT2D eigenvalue weighted by molar-refractivity contribution is -0.121. The molecule has 7 nitrogen and oxygen atoms in total. The highest BCUT2D eigenvalue weighted by Crippen LogP contribution is 2.24. The number of hydrogen-bond donors (Lipinski definition) is 1. The molecular weight excluding hydrogens is 352 g/mol. The van der Waals surface area contributed by atoms with Gasteiger partial charge in [0.05, 0.1) is 11.1 Å². The molecule has 3 aromatic heterocycles. The second kappa shape index (κ2) is 7.37. The van der Waals surface area contributed by atoms with Crippen molar-refractivity contribution in [2.24, 2.45) is 0 Å². The van der Waals surface area contributed by atoms with E-state index in [9.17, 15) is 10.1 Å². The van der Waals surface area contributed by atoms with Crippen molar-refractivity contribution < 1.29 is 4.79 Å². The molecule has 0 aliphatic heterocycles. The van der Waals surface area contributed by atoms with E-state index >= 15 is 0 Å². The van der Waals surface area contributed by atoms with Gasteiger partial charge in [0.1, 0.15) is 24.8 Å². The van der Waals surface area contributed by atoms with Gasteiger partial charge >= 0.3 is 0 Å². The summed E-state index contributed by atoms with van der Waals surface area (Å²) in [5, 5.41) is 13.3.